The summed E-state index contributed by atoms with van der Waals surface area (Å²) in [6, 6.07) is 13.4. The number of benzene rings is 2. The van der Waals surface area contributed by atoms with E-state index in [1.165, 1.54) is 7.11 Å². The minimum Gasteiger partial charge on any atom is -0.494 e. The molecule has 2 fully saturated rings. The zero-order chi connectivity index (χ0) is 22.9. The summed E-state index contributed by atoms with van der Waals surface area (Å²) < 4.78 is 25.7. The third-order valence-electron chi connectivity index (χ3n) is 6.84. The maximum Gasteiger partial charge on any atom is 0.165 e. The number of likely N-dealkylation sites (N-methyl/N-ethyl adjacent to an activating group) is 1. The molecule has 0 unspecified atom stereocenters. The van der Waals surface area contributed by atoms with Gasteiger partial charge in [0.25, 0.3) is 0 Å². The van der Waals surface area contributed by atoms with Gasteiger partial charge in [-0.2, -0.15) is 0 Å². The topological polar surface area (TPSA) is 81.4 Å². The normalized spacial score (nSPS) is 19.8. The Hall–Kier alpha value is -2.94. The van der Waals surface area contributed by atoms with Gasteiger partial charge in [-0.15, -0.1) is 0 Å². The smallest absolute Gasteiger partial charge is 0.165 e. The molecular weight excluding hydrogens is 435 g/mol. The standard InChI is InChI=1S/C26H31FN4O2.H2O.H2/c1-28-8-9-33-20-6-4-17(5-7-20)23-11-25(31-15-18-13-30(2)14-19(18)16-31)21-10-22(27)26(32-3)12-24(21)29-23;;/h4-7,10-12,18-19,28H,8-9,13-16H2,1-3H3;1H2;1H/t18-,19+;;. The monoisotopic (exact) mass is 470 g/mol. The molecule has 5 rings (SSSR count). The molecule has 3 aromatic rings. The molecule has 2 saturated heterocycles. The van der Waals surface area contributed by atoms with Gasteiger partial charge in [0.15, 0.2) is 11.6 Å². The second-order valence-corrected chi connectivity index (χ2v) is 9.15. The second-order valence-electron chi connectivity index (χ2n) is 9.15. The Labute approximate surface area is 201 Å². The quantitative estimate of drug-likeness (QED) is 0.535. The fraction of sp³-hybridized carbons (Fsp3) is 0.423. The first kappa shape index (κ1) is 24.2. The highest BCUT2D eigenvalue weighted by atomic mass is 19.1. The van der Waals surface area contributed by atoms with Crippen LogP contribution < -0.4 is 19.7 Å². The summed E-state index contributed by atoms with van der Waals surface area (Å²) in [5.41, 5.74) is 3.65. The summed E-state index contributed by atoms with van der Waals surface area (Å²) in [6.07, 6.45) is 0. The molecule has 34 heavy (non-hydrogen) atoms. The van der Waals surface area contributed by atoms with E-state index < -0.39 is 0 Å². The number of hydrogen-bond donors (Lipinski definition) is 1. The van der Waals surface area contributed by atoms with Gasteiger partial charge in [0.05, 0.1) is 18.3 Å². The molecule has 2 aromatic carbocycles. The van der Waals surface area contributed by atoms with Crippen LogP contribution in [0.15, 0.2) is 42.5 Å². The van der Waals surface area contributed by atoms with E-state index in [1.54, 1.807) is 12.1 Å². The lowest BCUT2D eigenvalue weighted by atomic mass is 10.0. The summed E-state index contributed by atoms with van der Waals surface area (Å²) in [5, 5.41) is 3.91. The molecule has 0 aliphatic carbocycles. The minimum absolute atomic E-state index is 0. The number of nitrogens with one attached hydrogen (secondary N) is 1. The van der Waals surface area contributed by atoms with Crippen LogP contribution in [0.25, 0.3) is 22.2 Å². The van der Waals surface area contributed by atoms with Crippen LogP contribution in [0.5, 0.6) is 11.5 Å². The number of methoxy groups -OCH3 is 1. The summed E-state index contributed by atoms with van der Waals surface area (Å²) in [5.74, 6) is 1.99. The van der Waals surface area contributed by atoms with Crippen molar-refractivity contribution in [2.75, 3.05) is 65.4 Å². The van der Waals surface area contributed by atoms with Crippen molar-refractivity contribution in [2.24, 2.45) is 11.8 Å². The molecule has 3 N–H and O–H groups in total. The van der Waals surface area contributed by atoms with Crippen LogP contribution in [0.4, 0.5) is 10.1 Å². The highest BCUT2D eigenvalue weighted by molar-refractivity contribution is 5.95. The summed E-state index contributed by atoms with van der Waals surface area (Å²) in [6.45, 7) is 5.62. The first-order chi connectivity index (χ1) is 16.1. The largest absolute Gasteiger partial charge is 0.494 e. The van der Waals surface area contributed by atoms with Crippen LogP contribution in [-0.4, -0.2) is 75.9 Å². The van der Waals surface area contributed by atoms with Gasteiger partial charge in [0.1, 0.15) is 12.4 Å². The van der Waals surface area contributed by atoms with Crippen molar-refractivity contribution in [1.29, 1.82) is 0 Å². The Morgan fingerprint density at radius 2 is 1.79 bits per heavy atom. The van der Waals surface area contributed by atoms with Crippen molar-refractivity contribution in [1.82, 2.24) is 15.2 Å². The lowest BCUT2D eigenvalue weighted by Crippen LogP contribution is -2.26. The molecule has 3 heterocycles. The maximum absolute atomic E-state index is 14.7. The Morgan fingerprint density at radius 3 is 2.44 bits per heavy atom. The molecule has 7 nitrogen and oxygen atoms in total. The van der Waals surface area contributed by atoms with Gasteiger partial charge >= 0.3 is 0 Å². The second kappa shape index (κ2) is 10.1. The molecule has 0 radical (unpaired) electrons. The Balaban J connectivity index is 0.00000171. The third-order valence-corrected chi connectivity index (χ3v) is 6.84. The number of pyridine rings is 1. The van der Waals surface area contributed by atoms with E-state index in [4.69, 9.17) is 14.5 Å². The van der Waals surface area contributed by atoms with E-state index in [-0.39, 0.29) is 18.5 Å². The van der Waals surface area contributed by atoms with Crippen molar-refractivity contribution < 1.29 is 20.8 Å². The number of ether oxygens (including phenoxy) is 2. The van der Waals surface area contributed by atoms with Crippen LogP contribution in [0.3, 0.4) is 0 Å². The van der Waals surface area contributed by atoms with Gasteiger partial charge in [0, 0.05) is 56.9 Å². The number of fused-ring (bicyclic) bond motifs is 2. The molecule has 184 valence electrons. The van der Waals surface area contributed by atoms with E-state index in [2.05, 4.69) is 28.2 Å². The lowest BCUT2D eigenvalue weighted by Gasteiger charge is -2.24. The van der Waals surface area contributed by atoms with Gasteiger partial charge < -0.3 is 30.1 Å². The minimum atomic E-state index is -0.358. The SMILES string of the molecule is CNCCOc1ccc(-c2cc(N3C[C@H]4CN(C)C[C@H]4C3)c3cc(F)c(OC)cc3n2)cc1.O.[HH]. The van der Waals surface area contributed by atoms with Crippen LogP contribution in [0.1, 0.15) is 1.43 Å². The molecule has 0 spiro atoms. The third kappa shape index (κ3) is 4.66. The molecule has 2 aliphatic heterocycles. The maximum atomic E-state index is 14.7. The highest BCUT2D eigenvalue weighted by Crippen LogP contribution is 2.39. The average molecular weight is 471 g/mol. The predicted molar refractivity (Wildman–Crippen MR) is 136 cm³/mol. The van der Waals surface area contributed by atoms with Crippen LogP contribution >= 0.6 is 0 Å². The molecule has 2 atom stereocenters. The number of rotatable bonds is 7. The highest BCUT2D eigenvalue weighted by Gasteiger charge is 2.39. The fourth-order valence-corrected chi connectivity index (χ4v) is 5.19. The Morgan fingerprint density at radius 1 is 1.09 bits per heavy atom. The zero-order valence-corrected chi connectivity index (χ0v) is 20.0. The van der Waals surface area contributed by atoms with E-state index >= 15 is 0 Å². The average Bonchev–Trinajstić information content (AvgIpc) is 3.36. The summed E-state index contributed by atoms with van der Waals surface area (Å²) in [4.78, 5) is 9.71. The van der Waals surface area contributed by atoms with Crippen molar-refractivity contribution in [3.63, 3.8) is 0 Å². The lowest BCUT2D eigenvalue weighted by molar-refractivity contribution is 0.318. The van der Waals surface area contributed by atoms with E-state index in [9.17, 15) is 4.39 Å². The molecular formula is C26H35FN4O3. The predicted octanol–water partition coefficient (Wildman–Crippen LogP) is 3.07. The first-order valence-corrected chi connectivity index (χ1v) is 11.6. The number of anilines is 1. The van der Waals surface area contributed by atoms with Crippen LogP contribution in [0, 0.1) is 17.7 Å². The van der Waals surface area contributed by atoms with Crippen molar-refractivity contribution in [3.05, 3.63) is 48.3 Å². The number of aromatic nitrogens is 1. The molecule has 2 aliphatic rings. The summed E-state index contributed by atoms with van der Waals surface area (Å²) >= 11 is 0. The van der Waals surface area contributed by atoms with Crippen LogP contribution in [0.2, 0.25) is 0 Å². The summed E-state index contributed by atoms with van der Waals surface area (Å²) in [7, 11) is 5.58. The van der Waals surface area contributed by atoms with E-state index in [0.717, 1.165) is 66.3 Å². The number of hydrogen-bond acceptors (Lipinski definition) is 6. The van der Waals surface area contributed by atoms with E-state index in [0.29, 0.717) is 18.4 Å². The Kier molecular flexibility index (Phi) is 7.21. The number of likely N-dealkylation sites (tertiary alicyclic amines) is 1. The fourth-order valence-electron chi connectivity index (χ4n) is 5.19. The van der Waals surface area contributed by atoms with E-state index in [1.807, 2.05) is 31.3 Å². The first-order valence-electron chi connectivity index (χ1n) is 11.6. The number of halogens is 1. The van der Waals surface area contributed by atoms with Crippen molar-refractivity contribution >= 4 is 16.6 Å². The van der Waals surface area contributed by atoms with Gasteiger partial charge in [-0.05, 0) is 62.3 Å². The molecule has 8 heteroatoms. The zero-order valence-electron chi connectivity index (χ0n) is 20.0. The van der Waals surface area contributed by atoms with Gasteiger partial charge in [-0.3, -0.25) is 0 Å². The molecule has 0 saturated carbocycles. The van der Waals surface area contributed by atoms with Gasteiger partial charge in [-0.1, -0.05) is 0 Å². The van der Waals surface area contributed by atoms with Crippen molar-refractivity contribution in [3.8, 4) is 22.8 Å². The van der Waals surface area contributed by atoms with Gasteiger partial charge in [-0.25, -0.2) is 9.37 Å². The van der Waals surface area contributed by atoms with Crippen LogP contribution in [-0.2, 0) is 0 Å². The van der Waals surface area contributed by atoms with Crippen molar-refractivity contribution in [2.45, 2.75) is 0 Å². The molecule has 1 aromatic heterocycles. The number of nitrogens with zero attached hydrogens (tertiary/aromatic N) is 3. The van der Waals surface area contributed by atoms with Gasteiger partial charge in [0.2, 0.25) is 0 Å². The molecule has 0 amide bonds. The molecule has 0 bridgehead atoms. The Bertz CT molecular complexity index is 1130.